The second kappa shape index (κ2) is 3.84. The van der Waals surface area contributed by atoms with Crippen LogP contribution >= 0.6 is 11.6 Å². The molecule has 2 heterocycles. The summed E-state index contributed by atoms with van der Waals surface area (Å²) in [6, 6.07) is 1.72. The van der Waals surface area contributed by atoms with E-state index in [-0.39, 0.29) is 5.88 Å². The lowest BCUT2D eigenvalue weighted by Gasteiger charge is -2.08. The van der Waals surface area contributed by atoms with Gasteiger partial charge in [-0.1, -0.05) is 11.6 Å². The smallest absolute Gasteiger partial charge is 0.153 e. The first-order chi connectivity index (χ1) is 6.66. The second-order valence-electron chi connectivity index (χ2n) is 3.18. The highest BCUT2D eigenvalue weighted by Crippen LogP contribution is 2.26. The first-order valence-electron chi connectivity index (χ1n) is 4.13. The third-order valence-corrected chi connectivity index (χ3v) is 3.14. The average Bonchev–Trinajstić information content (AvgIpc) is 2.47. The molecule has 1 aromatic rings. The summed E-state index contributed by atoms with van der Waals surface area (Å²) in [5.41, 5.74) is 1.83. The van der Waals surface area contributed by atoms with Crippen molar-refractivity contribution in [3.63, 3.8) is 0 Å². The van der Waals surface area contributed by atoms with Gasteiger partial charge in [-0.05, 0) is 6.07 Å². The van der Waals surface area contributed by atoms with Crippen LogP contribution in [0.15, 0.2) is 12.3 Å². The van der Waals surface area contributed by atoms with Gasteiger partial charge in [-0.2, -0.15) is 0 Å². The molecule has 1 aliphatic rings. The van der Waals surface area contributed by atoms with Crippen molar-refractivity contribution in [2.24, 2.45) is 0 Å². The number of nitrogens with zero attached hydrogens (tertiary/aromatic N) is 2. The Bertz CT molecular complexity index is 425. The molecule has 2 rings (SSSR count). The second-order valence-corrected chi connectivity index (χ2v) is 4.53. The predicted octanol–water partition coefficient (Wildman–Crippen LogP) is 0.619. The molecule has 14 heavy (non-hydrogen) atoms. The Kier molecular flexibility index (Phi) is 2.71. The van der Waals surface area contributed by atoms with Crippen LogP contribution in [-0.2, 0) is 23.8 Å². The van der Waals surface area contributed by atoms with E-state index in [4.69, 9.17) is 11.6 Å². The van der Waals surface area contributed by atoms with Crippen LogP contribution in [0.3, 0.4) is 0 Å². The summed E-state index contributed by atoms with van der Waals surface area (Å²) in [6.45, 7) is 1.14. The van der Waals surface area contributed by atoms with Crippen LogP contribution in [0.4, 0.5) is 0 Å². The summed E-state index contributed by atoms with van der Waals surface area (Å²) in [5.74, 6) is 0.0715. The molecule has 0 radical (unpaired) electrons. The molecule has 0 fully saturated rings. The first kappa shape index (κ1) is 9.89. The number of aromatic nitrogens is 1. The third-order valence-electron chi connectivity index (χ3n) is 2.16. The fourth-order valence-corrected chi connectivity index (χ4v) is 2.32. The molecule has 76 valence electrons. The molecule has 0 aliphatic carbocycles. The highest BCUT2D eigenvalue weighted by molar-refractivity contribution is 7.72. The Hall–Kier alpha value is -0.650. The lowest BCUT2D eigenvalue weighted by Crippen LogP contribution is -2.18. The van der Waals surface area contributed by atoms with Crippen LogP contribution in [0, 0.1) is 0 Å². The minimum Gasteiger partial charge on any atom is -0.280 e. The zero-order valence-corrected chi connectivity index (χ0v) is 8.96. The number of pyridine rings is 1. The van der Waals surface area contributed by atoms with Crippen LogP contribution in [0.5, 0.6) is 0 Å². The fraction of sp³-hybridized carbons (Fsp3) is 0.375. The minimum absolute atomic E-state index is 0.0715. The first-order valence-corrected chi connectivity index (χ1v) is 5.87. The molecular weight excluding hydrogens is 224 g/mol. The number of rotatable bonds is 2. The Morgan fingerprint density at radius 2 is 2.29 bits per heavy atom. The van der Waals surface area contributed by atoms with Crippen LogP contribution in [-0.4, -0.2) is 24.2 Å². The van der Waals surface area contributed by atoms with E-state index >= 15 is 0 Å². The molecular formula is C8H9ClN2O2S. The van der Waals surface area contributed by atoms with Gasteiger partial charge < -0.3 is 0 Å². The maximum atomic E-state index is 10.5. The zero-order chi connectivity index (χ0) is 10.1. The lowest BCUT2D eigenvalue weighted by molar-refractivity contribution is 0.329. The zero-order valence-electron chi connectivity index (χ0n) is 7.31. The summed E-state index contributed by atoms with van der Waals surface area (Å²) < 4.78 is 21.1. The summed E-state index contributed by atoms with van der Waals surface area (Å²) in [7, 11) is -2.37. The van der Waals surface area contributed by atoms with E-state index in [0.717, 1.165) is 11.3 Å². The van der Waals surface area contributed by atoms with Crippen molar-refractivity contribution in [3.05, 3.63) is 28.5 Å². The summed E-state index contributed by atoms with van der Waals surface area (Å²) in [4.78, 5) is 5.96. The Labute approximate surface area is 88.5 Å². The molecule has 0 atom stereocenters. The van der Waals surface area contributed by atoms with Crippen LogP contribution in [0.25, 0.3) is 0 Å². The molecule has 1 aromatic heterocycles. The van der Waals surface area contributed by atoms with Crippen molar-refractivity contribution >= 4 is 22.3 Å². The quantitative estimate of drug-likeness (QED) is 0.760. The van der Waals surface area contributed by atoms with E-state index in [0.29, 0.717) is 18.1 Å². The topological polar surface area (TPSA) is 50.3 Å². The lowest BCUT2D eigenvalue weighted by atomic mass is 10.2. The summed E-state index contributed by atoms with van der Waals surface area (Å²) in [6.07, 6.45) is 1.64. The van der Waals surface area contributed by atoms with Crippen molar-refractivity contribution in [2.75, 3.05) is 5.88 Å². The Morgan fingerprint density at radius 3 is 2.93 bits per heavy atom. The minimum atomic E-state index is -2.37. The van der Waals surface area contributed by atoms with Gasteiger partial charge in [-0.25, -0.2) is 8.42 Å². The van der Waals surface area contributed by atoms with E-state index < -0.39 is 10.7 Å². The Balaban J connectivity index is 2.21. The molecule has 0 spiro atoms. The summed E-state index contributed by atoms with van der Waals surface area (Å²) >= 11 is 5.95. The van der Waals surface area contributed by atoms with Gasteiger partial charge in [-0.15, -0.1) is 0 Å². The highest BCUT2D eigenvalue weighted by Gasteiger charge is 2.22. The van der Waals surface area contributed by atoms with Gasteiger partial charge in [0.25, 0.3) is 0 Å². The molecule has 1 aliphatic heterocycles. The summed E-state index contributed by atoms with van der Waals surface area (Å²) in [5, 5.41) is 0.665. The monoisotopic (exact) mass is 232 g/mol. The molecule has 0 saturated heterocycles. The number of fused-ring (bicyclic) bond motifs is 1. The van der Waals surface area contributed by atoms with Crippen molar-refractivity contribution in [1.82, 2.24) is 9.88 Å². The molecule has 0 N–H and O–H groups in total. The van der Waals surface area contributed by atoms with Crippen LogP contribution < -0.4 is 0 Å². The molecule has 0 bridgehead atoms. The molecule has 4 nitrogen and oxygen atoms in total. The largest absolute Gasteiger partial charge is 0.280 e. The average molecular weight is 233 g/mol. The third kappa shape index (κ3) is 1.89. The van der Waals surface area contributed by atoms with Gasteiger partial charge in [0.05, 0.1) is 11.6 Å². The SMILES string of the molecule is O=[SH](=O)CN1Cc2nccc(Cl)c2C1. The maximum absolute atomic E-state index is 10.5. The van der Waals surface area contributed by atoms with E-state index in [1.165, 1.54) is 0 Å². The van der Waals surface area contributed by atoms with Gasteiger partial charge in [0, 0.05) is 29.9 Å². The van der Waals surface area contributed by atoms with E-state index in [9.17, 15) is 8.42 Å². The number of hydrogen-bond donors (Lipinski definition) is 1. The molecule has 0 unspecified atom stereocenters. The highest BCUT2D eigenvalue weighted by atomic mass is 35.5. The van der Waals surface area contributed by atoms with Crippen molar-refractivity contribution in [3.8, 4) is 0 Å². The van der Waals surface area contributed by atoms with E-state index in [1.807, 2.05) is 0 Å². The van der Waals surface area contributed by atoms with Crippen molar-refractivity contribution in [1.29, 1.82) is 0 Å². The molecule has 0 aromatic carbocycles. The molecule has 6 heteroatoms. The number of hydrogen-bond acceptors (Lipinski definition) is 4. The number of thiol groups is 1. The van der Waals surface area contributed by atoms with Gasteiger partial charge in [0.1, 0.15) is 0 Å². The van der Waals surface area contributed by atoms with Gasteiger partial charge in [0.15, 0.2) is 10.7 Å². The van der Waals surface area contributed by atoms with Crippen LogP contribution in [0.1, 0.15) is 11.3 Å². The van der Waals surface area contributed by atoms with E-state index in [1.54, 1.807) is 17.2 Å². The fourth-order valence-electron chi connectivity index (χ4n) is 1.57. The van der Waals surface area contributed by atoms with Crippen LogP contribution in [0.2, 0.25) is 5.02 Å². The van der Waals surface area contributed by atoms with Gasteiger partial charge >= 0.3 is 0 Å². The maximum Gasteiger partial charge on any atom is 0.153 e. The standard InChI is InChI=1S/C8H9ClN2O2S/c9-7-1-2-10-8-4-11(3-6(7)8)5-14(12)13/h1-2,14H,3-5H2. The van der Waals surface area contributed by atoms with Gasteiger partial charge in [0.2, 0.25) is 0 Å². The van der Waals surface area contributed by atoms with E-state index in [2.05, 4.69) is 4.98 Å². The van der Waals surface area contributed by atoms with Gasteiger partial charge in [-0.3, -0.25) is 9.88 Å². The molecule has 0 amide bonds. The normalized spacial score (nSPS) is 16.1. The Morgan fingerprint density at radius 1 is 1.50 bits per heavy atom. The number of halogens is 1. The molecule has 0 saturated carbocycles. The van der Waals surface area contributed by atoms with Crippen molar-refractivity contribution in [2.45, 2.75) is 13.1 Å². The predicted molar refractivity (Wildman–Crippen MR) is 53.7 cm³/mol. The van der Waals surface area contributed by atoms with Crippen molar-refractivity contribution < 1.29 is 8.42 Å².